The van der Waals surface area contributed by atoms with Crippen molar-refractivity contribution in [2.24, 2.45) is 11.8 Å². The first-order valence-corrected chi connectivity index (χ1v) is 16.1. The molecular formula is C40H48N2O4. The van der Waals surface area contributed by atoms with E-state index in [0.29, 0.717) is 13.1 Å². The standard InChI is InChI=1S/C40H48N2O4/c1-41(2)27-35(37(33-21-13-7-14-22-33)25-31-17-9-5-10-18-31)29-45-39(43)40(44)46-30-36(28-42(3)4)38(34-23-15-8-16-24-34)26-32-19-11-6-12-20-32/h5-24,35-38H,25-30H2,1-4H3. The van der Waals surface area contributed by atoms with Crippen LogP contribution in [0.3, 0.4) is 0 Å². The summed E-state index contributed by atoms with van der Waals surface area (Å²) in [5.41, 5.74) is 4.77. The molecule has 0 aliphatic heterocycles. The molecular weight excluding hydrogens is 572 g/mol. The van der Waals surface area contributed by atoms with Gasteiger partial charge in [0.1, 0.15) is 0 Å². The van der Waals surface area contributed by atoms with Crippen molar-refractivity contribution in [1.82, 2.24) is 9.80 Å². The van der Waals surface area contributed by atoms with Gasteiger partial charge in [-0.1, -0.05) is 121 Å². The Hall–Kier alpha value is -4.26. The van der Waals surface area contributed by atoms with E-state index < -0.39 is 11.9 Å². The summed E-state index contributed by atoms with van der Waals surface area (Å²) in [4.78, 5) is 30.4. The number of nitrogens with zero attached hydrogens (tertiary/aromatic N) is 2. The first kappa shape index (κ1) is 34.6. The normalized spacial score (nSPS) is 14.0. The van der Waals surface area contributed by atoms with Gasteiger partial charge < -0.3 is 19.3 Å². The fourth-order valence-electron chi connectivity index (χ4n) is 6.26. The van der Waals surface area contributed by atoms with E-state index in [9.17, 15) is 9.59 Å². The molecule has 6 heteroatoms. The summed E-state index contributed by atoms with van der Waals surface area (Å²) in [6.45, 7) is 1.61. The number of hydrogen-bond donors (Lipinski definition) is 0. The quantitative estimate of drug-likeness (QED) is 0.106. The van der Waals surface area contributed by atoms with E-state index in [0.717, 1.165) is 12.8 Å². The van der Waals surface area contributed by atoms with Gasteiger partial charge in [0.25, 0.3) is 0 Å². The molecule has 0 amide bonds. The average Bonchev–Trinajstić information content (AvgIpc) is 3.07. The minimum Gasteiger partial charge on any atom is -0.457 e. The highest BCUT2D eigenvalue weighted by molar-refractivity contribution is 6.29. The molecule has 4 aromatic rings. The average molecular weight is 621 g/mol. The van der Waals surface area contributed by atoms with E-state index in [-0.39, 0.29) is 36.9 Å². The number of ether oxygens (including phenoxy) is 2. The minimum atomic E-state index is -0.946. The molecule has 0 aliphatic rings. The van der Waals surface area contributed by atoms with Gasteiger partial charge in [-0.05, 0) is 75.1 Å². The van der Waals surface area contributed by atoms with Crippen LogP contribution in [-0.4, -0.2) is 76.2 Å². The van der Waals surface area contributed by atoms with Crippen LogP contribution in [0.25, 0.3) is 0 Å². The molecule has 4 unspecified atom stereocenters. The third kappa shape index (κ3) is 11.0. The molecule has 0 saturated heterocycles. The van der Waals surface area contributed by atoms with Crippen LogP contribution in [0.1, 0.15) is 34.1 Å². The van der Waals surface area contributed by atoms with Crippen LogP contribution in [0.2, 0.25) is 0 Å². The van der Waals surface area contributed by atoms with E-state index in [1.807, 2.05) is 101 Å². The predicted molar refractivity (Wildman–Crippen MR) is 185 cm³/mol. The zero-order chi connectivity index (χ0) is 32.7. The van der Waals surface area contributed by atoms with Crippen LogP contribution in [0.15, 0.2) is 121 Å². The van der Waals surface area contributed by atoms with Gasteiger partial charge in [-0.15, -0.1) is 0 Å². The SMILES string of the molecule is CN(C)CC(COC(=O)C(=O)OCC(CN(C)C)C(Cc1ccccc1)c1ccccc1)C(Cc1ccccc1)c1ccccc1. The molecule has 0 aromatic heterocycles. The van der Waals surface area contributed by atoms with Crippen molar-refractivity contribution in [3.8, 4) is 0 Å². The lowest BCUT2D eigenvalue weighted by molar-refractivity contribution is -0.169. The summed E-state index contributed by atoms with van der Waals surface area (Å²) < 4.78 is 11.4. The Morgan fingerprint density at radius 2 is 0.804 bits per heavy atom. The van der Waals surface area contributed by atoms with Crippen LogP contribution < -0.4 is 0 Å². The van der Waals surface area contributed by atoms with E-state index in [4.69, 9.17) is 9.47 Å². The van der Waals surface area contributed by atoms with E-state index in [1.54, 1.807) is 0 Å². The molecule has 242 valence electrons. The number of rotatable bonds is 16. The van der Waals surface area contributed by atoms with E-state index in [2.05, 4.69) is 58.3 Å². The summed E-state index contributed by atoms with van der Waals surface area (Å²) in [5, 5.41) is 0. The van der Waals surface area contributed by atoms with Crippen molar-refractivity contribution < 1.29 is 19.1 Å². The number of esters is 2. The van der Waals surface area contributed by atoms with E-state index >= 15 is 0 Å². The lowest BCUT2D eigenvalue weighted by Gasteiger charge is -2.30. The number of benzene rings is 4. The molecule has 4 atom stereocenters. The molecule has 4 rings (SSSR count). The van der Waals surface area contributed by atoms with Crippen molar-refractivity contribution in [1.29, 1.82) is 0 Å². The molecule has 0 N–H and O–H groups in total. The van der Waals surface area contributed by atoms with Gasteiger partial charge in [0.05, 0.1) is 13.2 Å². The van der Waals surface area contributed by atoms with Gasteiger partial charge >= 0.3 is 11.9 Å². The molecule has 46 heavy (non-hydrogen) atoms. The van der Waals surface area contributed by atoms with Gasteiger partial charge in [-0.25, -0.2) is 9.59 Å². The van der Waals surface area contributed by atoms with Crippen molar-refractivity contribution in [3.63, 3.8) is 0 Å². The lowest BCUT2D eigenvalue weighted by Crippen LogP contribution is -2.35. The van der Waals surface area contributed by atoms with Crippen LogP contribution in [0.4, 0.5) is 0 Å². The van der Waals surface area contributed by atoms with Gasteiger partial charge in [-0.2, -0.15) is 0 Å². The molecule has 0 heterocycles. The van der Waals surface area contributed by atoms with Gasteiger partial charge in [0, 0.05) is 24.9 Å². The fourth-order valence-corrected chi connectivity index (χ4v) is 6.26. The van der Waals surface area contributed by atoms with Crippen molar-refractivity contribution in [3.05, 3.63) is 144 Å². The second-order valence-electron chi connectivity index (χ2n) is 12.7. The molecule has 0 aliphatic carbocycles. The molecule has 4 aromatic carbocycles. The maximum Gasteiger partial charge on any atom is 0.417 e. The van der Waals surface area contributed by atoms with Crippen LogP contribution in [0.5, 0.6) is 0 Å². The third-order valence-electron chi connectivity index (χ3n) is 8.41. The largest absolute Gasteiger partial charge is 0.457 e. The maximum atomic E-state index is 13.1. The molecule has 0 bridgehead atoms. The Bertz CT molecular complexity index is 1330. The Morgan fingerprint density at radius 1 is 0.500 bits per heavy atom. The summed E-state index contributed by atoms with van der Waals surface area (Å²) in [5.74, 6) is -1.79. The van der Waals surface area contributed by atoms with Crippen molar-refractivity contribution in [2.45, 2.75) is 24.7 Å². The van der Waals surface area contributed by atoms with Gasteiger partial charge in [0.2, 0.25) is 0 Å². The second kappa shape index (κ2) is 18.0. The number of carbonyl (C=O) groups excluding carboxylic acids is 2. The molecule has 6 nitrogen and oxygen atoms in total. The predicted octanol–water partition coefficient (Wildman–Crippen LogP) is 6.48. The lowest BCUT2D eigenvalue weighted by atomic mass is 9.81. The van der Waals surface area contributed by atoms with Crippen LogP contribution in [-0.2, 0) is 31.9 Å². The highest BCUT2D eigenvalue weighted by atomic mass is 16.6. The maximum absolute atomic E-state index is 13.1. The molecule has 0 spiro atoms. The smallest absolute Gasteiger partial charge is 0.417 e. The van der Waals surface area contributed by atoms with Crippen LogP contribution >= 0.6 is 0 Å². The van der Waals surface area contributed by atoms with Gasteiger partial charge in [-0.3, -0.25) is 0 Å². The minimum absolute atomic E-state index is 0.0378. The fraction of sp³-hybridized carbons (Fsp3) is 0.350. The third-order valence-corrected chi connectivity index (χ3v) is 8.41. The summed E-state index contributed by atoms with van der Waals surface area (Å²) in [7, 11) is 8.04. The summed E-state index contributed by atoms with van der Waals surface area (Å²) in [6, 6.07) is 41.3. The summed E-state index contributed by atoms with van der Waals surface area (Å²) >= 11 is 0. The summed E-state index contributed by atoms with van der Waals surface area (Å²) in [6.07, 6.45) is 1.58. The highest BCUT2D eigenvalue weighted by Crippen LogP contribution is 2.31. The molecule has 0 fully saturated rings. The van der Waals surface area contributed by atoms with Crippen molar-refractivity contribution >= 4 is 11.9 Å². The first-order chi connectivity index (χ1) is 22.3. The van der Waals surface area contributed by atoms with E-state index in [1.165, 1.54) is 22.3 Å². The van der Waals surface area contributed by atoms with Crippen LogP contribution in [0, 0.1) is 11.8 Å². The zero-order valence-corrected chi connectivity index (χ0v) is 27.6. The Morgan fingerprint density at radius 3 is 1.11 bits per heavy atom. The number of hydrogen-bond acceptors (Lipinski definition) is 6. The zero-order valence-electron chi connectivity index (χ0n) is 27.6. The Kier molecular flexibility index (Phi) is 13.6. The topological polar surface area (TPSA) is 59.1 Å². The monoisotopic (exact) mass is 620 g/mol. The molecule has 0 saturated carbocycles. The number of carbonyl (C=O) groups is 2. The highest BCUT2D eigenvalue weighted by Gasteiger charge is 2.30. The second-order valence-corrected chi connectivity index (χ2v) is 12.7. The molecule has 0 radical (unpaired) electrons. The van der Waals surface area contributed by atoms with Gasteiger partial charge in [0.15, 0.2) is 0 Å². The Labute approximate surface area is 275 Å². The Balaban J connectivity index is 1.46. The first-order valence-electron chi connectivity index (χ1n) is 16.1. The van der Waals surface area contributed by atoms with Crippen molar-refractivity contribution in [2.75, 3.05) is 54.5 Å².